The van der Waals surface area contributed by atoms with Crippen LogP contribution in [0.3, 0.4) is 0 Å². The summed E-state index contributed by atoms with van der Waals surface area (Å²) in [6.45, 7) is 0. The Morgan fingerprint density at radius 2 is 1.74 bits per heavy atom. The molecule has 2 N–H and O–H groups in total. The van der Waals surface area contributed by atoms with Crippen LogP contribution in [0.4, 0.5) is 11.4 Å². The molecule has 0 heterocycles. The van der Waals surface area contributed by atoms with Crippen molar-refractivity contribution in [3.8, 4) is 0 Å². The Balaban J connectivity index is 1.83. The van der Waals surface area contributed by atoms with E-state index in [0.29, 0.717) is 16.1 Å². The molecule has 0 aromatic heterocycles. The van der Waals surface area contributed by atoms with E-state index in [1.807, 2.05) is 36.4 Å². The van der Waals surface area contributed by atoms with E-state index in [9.17, 15) is 14.3 Å². The Kier molecular flexibility index (Phi) is 6.30. The maximum atomic E-state index is 12.7. The quantitative estimate of drug-likeness (QED) is 0.136. The fourth-order valence-electron chi connectivity index (χ4n) is 2.23. The second-order valence-electron chi connectivity index (χ2n) is 5.40. The summed E-state index contributed by atoms with van der Waals surface area (Å²) in [5, 5.41) is 10.9. The van der Waals surface area contributed by atoms with Crippen LogP contribution in [0.2, 0.25) is 0 Å². The van der Waals surface area contributed by atoms with E-state index in [1.54, 1.807) is 30.3 Å². The van der Waals surface area contributed by atoms with Crippen LogP contribution in [0, 0.1) is 13.7 Å². The first-order chi connectivity index (χ1) is 13.0. The SMILES string of the molecule is NC(=Nc1cccc([N+](=O)[O-])c1)c1cccc(S(=O)[I-]c2ccccc2)c1. The molecular weight excluding hydrogens is 477 g/mol. The van der Waals surface area contributed by atoms with Gasteiger partial charge in [-0.3, -0.25) is 0 Å². The Morgan fingerprint density at radius 3 is 2.48 bits per heavy atom. The average Bonchev–Trinajstić information content (AvgIpc) is 2.69. The summed E-state index contributed by atoms with van der Waals surface area (Å²) in [6.07, 6.45) is 0. The summed E-state index contributed by atoms with van der Waals surface area (Å²) in [6, 6.07) is 22.8. The zero-order valence-corrected chi connectivity index (χ0v) is 17.0. The molecule has 6 nitrogen and oxygen atoms in total. The number of aliphatic imine (C=N–C) groups is 1. The summed E-state index contributed by atoms with van der Waals surface area (Å²) in [4.78, 5) is 15.3. The Bertz CT molecular complexity index is 1030. The van der Waals surface area contributed by atoms with Gasteiger partial charge in [0.1, 0.15) is 0 Å². The number of non-ortho nitro benzene ring substituents is 1. The van der Waals surface area contributed by atoms with Crippen molar-refractivity contribution < 1.29 is 29.0 Å². The third-order valence-corrected chi connectivity index (χ3v) is 9.41. The van der Waals surface area contributed by atoms with Crippen molar-refractivity contribution in [3.05, 3.63) is 98.1 Å². The fraction of sp³-hybridized carbons (Fsp3) is 0. The van der Waals surface area contributed by atoms with Gasteiger partial charge in [0.05, 0.1) is 0 Å². The molecule has 0 radical (unpaired) electrons. The van der Waals surface area contributed by atoms with Gasteiger partial charge in [-0.1, -0.05) is 0 Å². The minimum absolute atomic E-state index is 0.0495. The Labute approximate surface area is 167 Å². The molecule has 0 aliphatic heterocycles. The van der Waals surface area contributed by atoms with Gasteiger partial charge in [-0.15, -0.1) is 0 Å². The predicted octanol–water partition coefficient (Wildman–Crippen LogP) is 0.613. The van der Waals surface area contributed by atoms with Crippen molar-refractivity contribution in [2.75, 3.05) is 0 Å². The first-order valence-corrected chi connectivity index (χ1v) is 12.6. The van der Waals surface area contributed by atoms with Crippen molar-refractivity contribution in [2.24, 2.45) is 10.7 Å². The summed E-state index contributed by atoms with van der Waals surface area (Å²) in [5.74, 6) is 0.215. The van der Waals surface area contributed by atoms with Gasteiger partial charge >= 0.3 is 168 Å². The van der Waals surface area contributed by atoms with Crippen molar-refractivity contribution >= 4 is 25.2 Å². The zero-order valence-electron chi connectivity index (χ0n) is 14.0. The molecular formula is C19H15IN3O3S-. The number of halogens is 1. The molecule has 0 fully saturated rings. The van der Waals surface area contributed by atoms with Gasteiger partial charge in [-0.05, 0) is 0 Å². The van der Waals surface area contributed by atoms with Crippen LogP contribution < -0.4 is 25.6 Å². The van der Waals surface area contributed by atoms with E-state index in [1.165, 1.54) is 12.1 Å². The van der Waals surface area contributed by atoms with Crippen molar-refractivity contribution in [1.82, 2.24) is 0 Å². The normalized spacial score (nSPS) is 12.7. The van der Waals surface area contributed by atoms with Crippen LogP contribution in [-0.4, -0.2) is 15.0 Å². The van der Waals surface area contributed by atoms with Gasteiger partial charge in [0.2, 0.25) is 0 Å². The maximum absolute atomic E-state index is 12.7. The van der Waals surface area contributed by atoms with Gasteiger partial charge in [0.15, 0.2) is 0 Å². The summed E-state index contributed by atoms with van der Waals surface area (Å²) in [5.41, 5.74) is 7.04. The van der Waals surface area contributed by atoms with E-state index in [-0.39, 0.29) is 11.5 Å². The molecule has 0 saturated carbocycles. The van der Waals surface area contributed by atoms with Gasteiger partial charge in [0.25, 0.3) is 0 Å². The van der Waals surface area contributed by atoms with Crippen LogP contribution >= 0.6 is 0 Å². The average molecular weight is 492 g/mol. The summed E-state index contributed by atoms with van der Waals surface area (Å²) in [7, 11) is -1.11. The van der Waals surface area contributed by atoms with Gasteiger partial charge in [0, 0.05) is 0 Å². The third-order valence-electron chi connectivity index (χ3n) is 3.50. The number of nitrogens with zero attached hydrogens (tertiary/aromatic N) is 2. The molecule has 1 unspecified atom stereocenters. The van der Waals surface area contributed by atoms with E-state index in [0.717, 1.165) is 3.57 Å². The van der Waals surface area contributed by atoms with Gasteiger partial charge in [-0.25, -0.2) is 0 Å². The molecule has 138 valence electrons. The van der Waals surface area contributed by atoms with Crippen molar-refractivity contribution in [2.45, 2.75) is 4.90 Å². The van der Waals surface area contributed by atoms with Crippen LogP contribution in [0.5, 0.6) is 0 Å². The molecule has 0 aliphatic carbocycles. The van der Waals surface area contributed by atoms with E-state index >= 15 is 0 Å². The number of benzene rings is 3. The number of nitro benzene ring substituents is 1. The number of nitrogens with two attached hydrogens (primary N) is 1. The molecule has 8 heteroatoms. The predicted molar refractivity (Wildman–Crippen MR) is 101 cm³/mol. The molecule has 3 aromatic rings. The number of amidine groups is 1. The van der Waals surface area contributed by atoms with Crippen LogP contribution in [-0.2, 0) is 7.97 Å². The molecule has 27 heavy (non-hydrogen) atoms. The van der Waals surface area contributed by atoms with E-state index < -0.39 is 32.7 Å². The number of hydrogen-bond donors (Lipinski definition) is 1. The monoisotopic (exact) mass is 492 g/mol. The molecule has 0 aliphatic rings. The molecule has 0 saturated heterocycles. The van der Waals surface area contributed by atoms with Crippen LogP contribution in [0.25, 0.3) is 0 Å². The number of nitro groups is 1. The van der Waals surface area contributed by atoms with Crippen LogP contribution in [0.15, 0.2) is 88.8 Å². The van der Waals surface area contributed by atoms with Crippen molar-refractivity contribution in [3.63, 3.8) is 0 Å². The van der Waals surface area contributed by atoms with Crippen LogP contribution in [0.1, 0.15) is 5.56 Å². The summed E-state index contributed by atoms with van der Waals surface area (Å²) < 4.78 is 13.8. The zero-order chi connectivity index (χ0) is 19.2. The molecule has 0 bridgehead atoms. The topological polar surface area (TPSA) is 98.6 Å². The third kappa shape index (κ3) is 5.20. The standard InChI is InChI=1S/C19H15IN3O3S/c21-19(22-16-9-5-10-17(13-16)23(24)25)14-6-4-11-18(12-14)27(26)20-15-7-2-1-3-8-15/h1-13H,(H2,21,22)/q-1. The molecule has 3 rings (SSSR count). The molecule has 1 atom stereocenters. The molecule has 3 aromatic carbocycles. The molecule has 0 spiro atoms. The Hall–Kier alpha value is -2.59. The fourth-order valence-corrected chi connectivity index (χ4v) is 7.25. The minimum atomic E-state index is -1.11. The number of hydrogen-bond acceptors (Lipinski definition) is 4. The molecule has 0 amide bonds. The van der Waals surface area contributed by atoms with E-state index in [4.69, 9.17) is 5.73 Å². The van der Waals surface area contributed by atoms with Crippen molar-refractivity contribution in [1.29, 1.82) is 0 Å². The van der Waals surface area contributed by atoms with Gasteiger partial charge in [-0.2, -0.15) is 0 Å². The second kappa shape index (κ2) is 8.87. The first-order valence-electron chi connectivity index (χ1n) is 7.84. The van der Waals surface area contributed by atoms with Gasteiger partial charge < -0.3 is 0 Å². The van der Waals surface area contributed by atoms with E-state index in [2.05, 4.69) is 4.99 Å². The Morgan fingerprint density at radius 1 is 1.00 bits per heavy atom. The first kappa shape index (κ1) is 19.2. The number of rotatable bonds is 6. The summed E-state index contributed by atoms with van der Waals surface area (Å²) >= 11 is -0.692. The second-order valence-corrected chi connectivity index (χ2v) is 11.4.